The van der Waals surface area contributed by atoms with E-state index in [0.717, 1.165) is 12.0 Å². The molecule has 1 aliphatic carbocycles. The summed E-state index contributed by atoms with van der Waals surface area (Å²) in [6, 6.07) is 18.2. The van der Waals surface area contributed by atoms with Gasteiger partial charge in [-0.05, 0) is 36.8 Å². The van der Waals surface area contributed by atoms with Crippen LogP contribution in [-0.4, -0.2) is 16.7 Å². The van der Waals surface area contributed by atoms with E-state index in [9.17, 15) is 9.59 Å². The third kappa shape index (κ3) is 2.44. The number of imide groups is 1. The Hall–Kier alpha value is -2.42. The Morgan fingerprint density at radius 1 is 1.04 bits per heavy atom. The third-order valence-electron chi connectivity index (χ3n) is 5.50. The number of carbonyl (C=O) groups excluding carboxylic acids is 2. The van der Waals surface area contributed by atoms with Crippen LogP contribution in [0.1, 0.15) is 41.9 Å². The van der Waals surface area contributed by atoms with Gasteiger partial charge in [0, 0.05) is 6.42 Å². The molecule has 1 saturated carbocycles. The number of nitrogens with zero attached hydrogens (tertiary/aromatic N) is 1. The van der Waals surface area contributed by atoms with E-state index in [4.69, 9.17) is 0 Å². The number of hydrogen-bond donors (Lipinski definition) is 0. The standard InChI is InChI=1S/C21H21NO2/c1-15-7-9-17(10-8-15)18-13-21(18)12-11-19(23)22(20(21)24)14-16-5-3-2-4-6-16/h2-10,18H,11-14H2,1H3/t18?,21-/m0/s1. The molecule has 2 aromatic carbocycles. The van der Waals surface area contributed by atoms with Crippen molar-refractivity contribution in [3.05, 3.63) is 71.3 Å². The molecule has 2 amide bonds. The third-order valence-corrected chi connectivity index (χ3v) is 5.50. The van der Waals surface area contributed by atoms with Gasteiger partial charge in [0.25, 0.3) is 0 Å². The van der Waals surface area contributed by atoms with Crippen LogP contribution in [0.3, 0.4) is 0 Å². The second kappa shape index (κ2) is 5.59. The first-order valence-electron chi connectivity index (χ1n) is 8.55. The molecule has 0 radical (unpaired) electrons. The van der Waals surface area contributed by atoms with Crippen molar-refractivity contribution in [3.63, 3.8) is 0 Å². The summed E-state index contributed by atoms with van der Waals surface area (Å²) in [5.41, 5.74) is 3.11. The maximum atomic E-state index is 13.1. The van der Waals surface area contributed by atoms with E-state index < -0.39 is 0 Å². The van der Waals surface area contributed by atoms with Crippen LogP contribution in [0.15, 0.2) is 54.6 Å². The van der Waals surface area contributed by atoms with Gasteiger partial charge in [-0.1, -0.05) is 60.2 Å². The number of aryl methyl sites for hydroxylation is 1. The molecule has 122 valence electrons. The fraction of sp³-hybridized carbons (Fsp3) is 0.333. The summed E-state index contributed by atoms with van der Waals surface area (Å²) >= 11 is 0. The van der Waals surface area contributed by atoms with Gasteiger partial charge in [-0.25, -0.2) is 0 Å². The van der Waals surface area contributed by atoms with Gasteiger partial charge in [0.2, 0.25) is 11.8 Å². The van der Waals surface area contributed by atoms with Gasteiger partial charge in [-0.3, -0.25) is 14.5 Å². The van der Waals surface area contributed by atoms with E-state index in [1.807, 2.05) is 30.3 Å². The molecule has 3 nitrogen and oxygen atoms in total. The molecule has 0 N–H and O–H groups in total. The predicted molar refractivity (Wildman–Crippen MR) is 92.2 cm³/mol. The maximum Gasteiger partial charge on any atom is 0.236 e. The molecule has 1 heterocycles. The van der Waals surface area contributed by atoms with E-state index in [2.05, 4.69) is 31.2 Å². The van der Waals surface area contributed by atoms with Gasteiger partial charge >= 0.3 is 0 Å². The smallest absolute Gasteiger partial charge is 0.236 e. The zero-order valence-corrected chi connectivity index (χ0v) is 13.9. The van der Waals surface area contributed by atoms with Gasteiger partial charge in [-0.15, -0.1) is 0 Å². The Morgan fingerprint density at radius 2 is 1.75 bits per heavy atom. The second-order valence-electron chi connectivity index (χ2n) is 7.09. The molecule has 3 heteroatoms. The van der Waals surface area contributed by atoms with Crippen molar-refractivity contribution in [1.29, 1.82) is 0 Å². The summed E-state index contributed by atoms with van der Waals surface area (Å²) in [5, 5.41) is 0. The number of amides is 2. The minimum absolute atomic E-state index is 0.0215. The SMILES string of the molecule is Cc1ccc(C2C[C@@]23CCC(=O)N(Cc2ccccc2)C3=O)cc1. The molecular formula is C21H21NO2. The Morgan fingerprint density at radius 3 is 2.46 bits per heavy atom. The zero-order valence-electron chi connectivity index (χ0n) is 13.9. The minimum atomic E-state index is -0.349. The highest BCUT2D eigenvalue weighted by Gasteiger charge is 2.63. The van der Waals surface area contributed by atoms with E-state index in [-0.39, 0.29) is 23.1 Å². The van der Waals surface area contributed by atoms with Gasteiger partial charge in [0.05, 0.1) is 12.0 Å². The molecular weight excluding hydrogens is 298 g/mol. The Labute approximate surface area is 142 Å². The number of piperidine rings is 1. The van der Waals surface area contributed by atoms with Crippen LogP contribution in [0.5, 0.6) is 0 Å². The fourth-order valence-corrected chi connectivity index (χ4v) is 3.93. The molecule has 2 atom stereocenters. The summed E-state index contributed by atoms with van der Waals surface area (Å²) in [6.07, 6.45) is 2.03. The summed E-state index contributed by atoms with van der Waals surface area (Å²) in [4.78, 5) is 26.9. The van der Waals surface area contributed by atoms with Crippen LogP contribution in [0.2, 0.25) is 0 Å². The van der Waals surface area contributed by atoms with Gasteiger partial charge in [0.15, 0.2) is 0 Å². The van der Waals surface area contributed by atoms with Crippen molar-refractivity contribution in [2.75, 3.05) is 0 Å². The quantitative estimate of drug-likeness (QED) is 0.807. The first kappa shape index (κ1) is 15.1. The van der Waals surface area contributed by atoms with Crippen LogP contribution >= 0.6 is 0 Å². The van der Waals surface area contributed by atoms with Crippen LogP contribution < -0.4 is 0 Å². The highest BCUT2D eigenvalue weighted by Crippen LogP contribution is 2.64. The van der Waals surface area contributed by atoms with Gasteiger partial charge in [-0.2, -0.15) is 0 Å². The topological polar surface area (TPSA) is 37.4 Å². The number of carbonyl (C=O) groups is 2. The average Bonchev–Trinajstić information content (AvgIpc) is 3.33. The highest BCUT2D eigenvalue weighted by atomic mass is 16.2. The largest absolute Gasteiger partial charge is 0.278 e. The van der Waals surface area contributed by atoms with Crippen LogP contribution in [0.4, 0.5) is 0 Å². The lowest BCUT2D eigenvalue weighted by atomic mass is 9.88. The normalized spacial score (nSPS) is 26.0. The van der Waals surface area contributed by atoms with Crippen molar-refractivity contribution in [2.45, 2.75) is 38.6 Å². The number of benzene rings is 2. The maximum absolute atomic E-state index is 13.1. The Balaban J connectivity index is 1.57. The van der Waals surface area contributed by atoms with E-state index in [1.165, 1.54) is 16.0 Å². The van der Waals surface area contributed by atoms with Crippen LogP contribution in [0, 0.1) is 12.3 Å². The number of hydrogen-bond acceptors (Lipinski definition) is 2. The van der Waals surface area contributed by atoms with Crippen molar-refractivity contribution < 1.29 is 9.59 Å². The zero-order chi connectivity index (χ0) is 16.7. The monoisotopic (exact) mass is 319 g/mol. The van der Waals surface area contributed by atoms with Crippen LogP contribution in [0.25, 0.3) is 0 Å². The second-order valence-corrected chi connectivity index (χ2v) is 7.09. The van der Waals surface area contributed by atoms with Crippen molar-refractivity contribution in [2.24, 2.45) is 5.41 Å². The molecule has 24 heavy (non-hydrogen) atoms. The summed E-state index contributed by atoms with van der Waals surface area (Å²) in [6.45, 7) is 2.46. The summed E-state index contributed by atoms with van der Waals surface area (Å²) < 4.78 is 0. The van der Waals surface area contributed by atoms with E-state index in [1.54, 1.807) is 0 Å². The first-order chi connectivity index (χ1) is 11.6. The molecule has 1 unspecified atom stereocenters. The Kier molecular flexibility index (Phi) is 3.52. The molecule has 2 aliphatic rings. The van der Waals surface area contributed by atoms with Gasteiger partial charge in [0.1, 0.15) is 0 Å². The molecule has 0 bridgehead atoms. The molecule has 1 saturated heterocycles. The number of rotatable bonds is 3. The predicted octanol–water partition coefficient (Wildman–Crippen LogP) is 3.82. The fourth-order valence-electron chi connectivity index (χ4n) is 3.93. The lowest BCUT2D eigenvalue weighted by molar-refractivity contribution is -0.154. The molecule has 0 aromatic heterocycles. The van der Waals surface area contributed by atoms with Crippen molar-refractivity contribution in [3.8, 4) is 0 Å². The average molecular weight is 319 g/mol. The van der Waals surface area contributed by atoms with Gasteiger partial charge < -0.3 is 0 Å². The van der Waals surface area contributed by atoms with E-state index >= 15 is 0 Å². The molecule has 1 aliphatic heterocycles. The minimum Gasteiger partial charge on any atom is -0.278 e. The van der Waals surface area contributed by atoms with Crippen molar-refractivity contribution in [1.82, 2.24) is 4.90 Å². The van der Waals surface area contributed by atoms with E-state index in [0.29, 0.717) is 19.4 Å². The first-order valence-corrected chi connectivity index (χ1v) is 8.55. The Bertz CT molecular complexity index is 781. The molecule has 2 fully saturated rings. The summed E-state index contributed by atoms with van der Waals surface area (Å²) in [5.74, 6) is 0.245. The summed E-state index contributed by atoms with van der Waals surface area (Å²) in [7, 11) is 0. The molecule has 2 aromatic rings. The van der Waals surface area contributed by atoms with Crippen LogP contribution in [-0.2, 0) is 16.1 Å². The molecule has 1 spiro atoms. The highest BCUT2D eigenvalue weighted by molar-refractivity contribution is 6.02. The molecule has 4 rings (SSSR count). The lowest BCUT2D eigenvalue weighted by Crippen LogP contribution is -2.46. The van der Waals surface area contributed by atoms with Crippen molar-refractivity contribution >= 4 is 11.8 Å². The lowest BCUT2D eigenvalue weighted by Gasteiger charge is -2.32. The number of likely N-dealkylation sites (tertiary alicyclic amines) is 1.